The van der Waals surface area contributed by atoms with Gasteiger partial charge in [0.1, 0.15) is 22.7 Å². The number of alkyl halides is 3. The van der Waals surface area contributed by atoms with Gasteiger partial charge in [0, 0.05) is 29.8 Å². The Morgan fingerprint density at radius 2 is 2.20 bits per heavy atom. The van der Waals surface area contributed by atoms with E-state index in [9.17, 15) is 18.0 Å². The van der Waals surface area contributed by atoms with Gasteiger partial charge < -0.3 is 15.0 Å². The van der Waals surface area contributed by atoms with Crippen molar-refractivity contribution in [2.45, 2.75) is 31.9 Å². The molecule has 0 spiro atoms. The molecule has 0 bridgehead atoms. The minimum Gasteiger partial charge on any atom is -0.479 e. The average molecular weight is 506 g/mol. The smallest absolute Gasteiger partial charge is 0.390 e. The second kappa shape index (κ2) is 8.95. The van der Waals surface area contributed by atoms with Crippen LogP contribution in [0.4, 0.5) is 24.7 Å². The Kier molecular flexibility index (Phi) is 5.95. The molecule has 5 rings (SSSR count). The summed E-state index contributed by atoms with van der Waals surface area (Å²) in [5.41, 5.74) is 2.28. The zero-order chi connectivity index (χ0) is 24.7. The molecule has 9 nitrogen and oxygen atoms in total. The molecule has 1 amide bonds. The van der Waals surface area contributed by atoms with Crippen LogP contribution in [0.5, 0.6) is 5.88 Å². The number of carbonyl (C=O) groups is 1. The molecule has 2 N–H and O–H groups in total. The summed E-state index contributed by atoms with van der Waals surface area (Å²) in [6, 6.07) is 1.86. The van der Waals surface area contributed by atoms with Gasteiger partial charge in [0.15, 0.2) is 5.65 Å². The number of carbonyl (C=O) groups excluding carboxylic acids is 1. The lowest BCUT2D eigenvalue weighted by atomic mass is 9.87. The number of hydrogen-bond acceptors (Lipinski definition) is 8. The third-order valence-corrected chi connectivity index (χ3v) is 7.30. The minimum atomic E-state index is -4.29. The van der Waals surface area contributed by atoms with Crippen molar-refractivity contribution in [3.8, 4) is 5.88 Å². The number of thiophene rings is 1. The molecule has 0 fully saturated rings. The molecule has 35 heavy (non-hydrogen) atoms. The third kappa shape index (κ3) is 4.59. The van der Waals surface area contributed by atoms with Crippen LogP contribution in [-0.4, -0.2) is 62.8 Å². The number of fused-ring (bicyclic) bond motifs is 4. The Morgan fingerprint density at radius 3 is 2.97 bits per heavy atom. The van der Waals surface area contributed by atoms with Gasteiger partial charge in [-0.15, -0.1) is 11.3 Å². The van der Waals surface area contributed by atoms with Gasteiger partial charge >= 0.3 is 6.18 Å². The lowest BCUT2D eigenvalue weighted by molar-refractivity contribution is -0.146. The summed E-state index contributed by atoms with van der Waals surface area (Å²) < 4.78 is 43.1. The highest BCUT2D eigenvalue weighted by Gasteiger charge is 2.33. The van der Waals surface area contributed by atoms with Crippen LogP contribution in [0.25, 0.3) is 21.3 Å². The number of hydrogen-bond donors (Lipinski definition) is 2. The maximum atomic E-state index is 12.8. The van der Waals surface area contributed by atoms with Crippen LogP contribution in [0, 0.1) is 5.92 Å². The zero-order valence-corrected chi connectivity index (χ0v) is 19.8. The molecule has 4 aromatic heterocycles. The number of aryl methyl sites for hydroxylation is 1. The number of nitrogens with zero attached hydrogens (tertiary/aromatic N) is 5. The predicted octanol–water partition coefficient (Wildman–Crippen LogP) is 4.23. The molecule has 0 saturated heterocycles. The molecule has 1 atom stereocenters. The summed E-state index contributed by atoms with van der Waals surface area (Å²) in [6.07, 6.45) is -0.539. The highest BCUT2D eigenvalue weighted by Crippen LogP contribution is 2.41. The number of methoxy groups -OCH3 is 1. The molecular formula is C22H22F3N7O2S. The molecule has 13 heteroatoms. The fourth-order valence-corrected chi connectivity index (χ4v) is 5.63. The summed E-state index contributed by atoms with van der Waals surface area (Å²) >= 11 is 1.49. The van der Waals surface area contributed by atoms with Crippen LogP contribution >= 0.6 is 11.3 Å². The standard InChI is InChI=1S/C22H22F3N7O2S/c1-32(6-5-22(23,24)25)21(33)11-3-4-13-15(8-11)35-20-16(13)18(26-10-27-20)29-14-7-12-9-28-31-17(12)30-19(14)34-2/h7,9-11H,3-6,8H2,1-2H3,(H,26,27,29)(H,28,30,31)/t11-/m0/s1. The van der Waals surface area contributed by atoms with Crippen LogP contribution in [0.3, 0.4) is 0 Å². The van der Waals surface area contributed by atoms with Crippen LogP contribution < -0.4 is 10.1 Å². The van der Waals surface area contributed by atoms with Gasteiger partial charge in [0.2, 0.25) is 11.8 Å². The monoisotopic (exact) mass is 505 g/mol. The molecule has 184 valence electrons. The van der Waals surface area contributed by atoms with Crippen molar-refractivity contribution in [3.05, 3.63) is 29.0 Å². The molecule has 0 aromatic carbocycles. The second-order valence-corrected chi connectivity index (χ2v) is 9.53. The van der Waals surface area contributed by atoms with Gasteiger partial charge in [-0.05, 0) is 30.9 Å². The summed E-state index contributed by atoms with van der Waals surface area (Å²) in [6.45, 7) is -0.339. The van der Waals surface area contributed by atoms with Crippen molar-refractivity contribution in [2.24, 2.45) is 5.92 Å². The highest BCUT2D eigenvalue weighted by atomic mass is 32.1. The topological polar surface area (TPSA) is 109 Å². The summed E-state index contributed by atoms with van der Waals surface area (Å²) in [5, 5.41) is 11.8. The van der Waals surface area contributed by atoms with E-state index in [0.29, 0.717) is 42.3 Å². The number of amides is 1. The van der Waals surface area contributed by atoms with E-state index in [4.69, 9.17) is 4.74 Å². The Morgan fingerprint density at radius 1 is 1.37 bits per heavy atom. The van der Waals surface area contributed by atoms with E-state index in [1.54, 1.807) is 6.20 Å². The van der Waals surface area contributed by atoms with Gasteiger partial charge in [0.25, 0.3) is 0 Å². The van der Waals surface area contributed by atoms with Gasteiger partial charge in [0.05, 0.1) is 25.1 Å². The van der Waals surface area contributed by atoms with Crippen LogP contribution in [-0.2, 0) is 17.6 Å². The van der Waals surface area contributed by atoms with Crippen molar-refractivity contribution in [3.63, 3.8) is 0 Å². The first-order valence-corrected chi connectivity index (χ1v) is 11.8. The van der Waals surface area contributed by atoms with Gasteiger partial charge in [-0.2, -0.15) is 23.3 Å². The Balaban J connectivity index is 1.41. The molecular weight excluding hydrogens is 483 g/mol. The molecule has 4 aromatic rings. The largest absolute Gasteiger partial charge is 0.479 e. The van der Waals surface area contributed by atoms with Crippen molar-refractivity contribution in [1.29, 1.82) is 0 Å². The van der Waals surface area contributed by atoms with E-state index in [0.717, 1.165) is 26.0 Å². The van der Waals surface area contributed by atoms with E-state index in [1.165, 1.54) is 36.7 Å². The van der Waals surface area contributed by atoms with Crippen LogP contribution in [0.2, 0.25) is 0 Å². The fourth-order valence-electron chi connectivity index (χ4n) is 4.37. The second-order valence-electron chi connectivity index (χ2n) is 8.45. The number of anilines is 2. The Hall–Kier alpha value is -3.48. The molecule has 0 aliphatic heterocycles. The van der Waals surface area contributed by atoms with Crippen molar-refractivity contribution in [2.75, 3.05) is 26.0 Å². The van der Waals surface area contributed by atoms with E-state index >= 15 is 0 Å². The van der Waals surface area contributed by atoms with Crippen LogP contribution in [0.1, 0.15) is 23.3 Å². The van der Waals surface area contributed by atoms with E-state index in [-0.39, 0.29) is 18.4 Å². The molecule has 1 aliphatic carbocycles. The van der Waals surface area contributed by atoms with E-state index < -0.39 is 12.6 Å². The SMILES string of the molecule is COc1nc2[nH]ncc2cc1Nc1ncnc2sc3c(c12)CC[C@H](C(=O)N(C)CCC(F)(F)F)C3. The van der Waals surface area contributed by atoms with Crippen molar-refractivity contribution in [1.82, 2.24) is 30.0 Å². The number of pyridine rings is 1. The number of aromatic nitrogens is 5. The maximum absolute atomic E-state index is 12.8. The van der Waals surface area contributed by atoms with Gasteiger partial charge in [-0.1, -0.05) is 0 Å². The number of halogens is 3. The number of nitrogens with one attached hydrogen (secondary N) is 2. The average Bonchev–Trinajstić information content (AvgIpc) is 3.44. The van der Waals surface area contributed by atoms with Gasteiger partial charge in [-0.25, -0.2) is 9.97 Å². The summed E-state index contributed by atoms with van der Waals surface area (Å²) in [7, 11) is 2.96. The van der Waals surface area contributed by atoms with Gasteiger partial charge in [-0.3, -0.25) is 9.89 Å². The summed E-state index contributed by atoms with van der Waals surface area (Å²) in [5.74, 6) is 0.365. The summed E-state index contributed by atoms with van der Waals surface area (Å²) in [4.78, 5) is 29.1. The van der Waals surface area contributed by atoms with E-state index in [1.807, 2.05) is 6.07 Å². The number of aromatic amines is 1. The molecule has 1 aliphatic rings. The lowest BCUT2D eigenvalue weighted by Crippen LogP contribution is -2.37. The molecule has 0 saturated carbocycles. The normalized spacial score (nSPS) is 15.9. The van der Waals surface area contributed by atoms with Crippen LogP contribution in [0.15, 0.2) is 18.6 Å². The first kappa shape index (κ1) is 23.3. The van der Waals surface area contributed by atoms with Crippen molar-refractivity contribution >= 4 is 50.0 Å². The Labute approximate surface area is 201 Å². The zero-order valence-electron chi connectivity index (χ0n) is 18.9. The highest BCUT2D eigenvalue weighted by molar-refractivity contribution is 7.19. The lowest BCUT2D eigenvalue weighted by Gasteiger charge is -2.27. The minimum absolute atomic E-state index is 0.258. The number of ether oxygens (including phenoxy) is 1. The van der Waals surface area contributed by atoms with E-state index in [2.05, 4.69) is 30.5 Å². The molecule has 4 heterocycles. The third-order valence-electron chi connectivity index (χ3n) is 6.14. The first-order valence-electron chi connectivity index (χ1n) is 11.0. The fraction of sp³-hybridized carbons (Fsp3) is 0.409. The number of H-pyrrole nitrogens is 1. The van der Waals surface area contributed by atoms with Crippen molar-refractivity contribution < 1.29 is 22.7 Å². The molecule has 0 radical (unpaired) electrons. The predicted molar refractivity (Wildman–Crippen MR) is 125 cm³/mol. The maximum Gasteiger partial charge on any atom is 0.390 e. The quantitative estimate of drug-likeness (QED) is 0.404. The first-order chi connectivity index (χ1) is 16.7. The molecule has 0 unspecified atom stereocenters. The Bertz CT molecular complexity index is 1400. The number of rotatable bonds is 6.